The number of anilines is 1. The number of amides is 1. The van der Waals surface area contributed by atoms with Crippen LogP contribution in [0.1, 0.15) is 16.5 Å². The second kappa shape index (κ2) is 9.57. The van der Waals surface area contributed by atoms with Crippen molar-refractivity contribution in [3.05, 3.63) is 72.9 Å². The third-order valence-electron chi connectivity index (χ3n) is 5.60. The Hall–Kier alpha value is -2.82. The molecule has 1 unspecified atom stereocenters. The van der Waals surface area contributed by atoms with E-state index in [1.165, 1.54) is 47.9 Å². The molecule has 1 aliphatic heterocycles. The van der Waals surface area contributed by atoms with Gasteiger partial charge in [-0.2, -0.15) is 0 Å². The molecule has 184 valence electrons. The molecule has 12 heteroatoms. The number of benzene rings is 2. The van der Waals surface area contributed by atoms with Crippen LogP contribution >= 0.6 is 57.5 Å². The van der Waals surface area contributed by atoms with E-state index in [-0.39, 0.29) is 32.7 Å². The highest BCUT2D eigenvalue weighted by Gasteiger charge is 2.49. The van der Waals surface area contributed by atoms with E-state index in [0.29, 0.717) is 20.5 Å². The highest BCUT2D eigenvalue weighted by molar-refractivity contribution is 7.22. The summed E-state index contributed by atoms with van der Waals surface area (Å²) in [7, 11) is 2.74. The highest BCUT2D eigenvalue weighted by atomic mass is 35.5. The van der Waals surface area contributed by atoms with Crippen LogP contribution in [0.25, 0.3) is 16.0 Å². The van der Waals surface area contributed by atoms with E-state index in [2.05, 4.69) is 4.98 Å². The normalized spacial score (nSPS) is 17.2. The van der Waals surface area contributed by atoms with E-state index in [4.69, 9.17) is 44.3 Å². The summed E-state index contributed by atoms with van der Waals surface area (Å²) in [4.78, 5) is 33.3. The Morgan fingerprint density at radius 1 is 1.08 bits per heavy atom. The Bertz CT molecular complexity index is 1570. The molecule has 7 nitrogen and oxygen atoms in total. The number of ketones is 1. The number of ether oxygens (including phenoxy) is 2. The van der Waals surface area contributed by atoms with Crippen molar-refractivity contribution in [1.82, 2.24) is 4.98 Å². The van der Waals surface area contributed by atoms with Gasteiger partial charge in [0.2, 0.25) is 0 Å². The van der Waals surface area contributed by atoms with E-state index < -0.39 is 23.5 Å². The number of carbonyl (C=O) groups is 2. The van der Waals surface area contributed by atoms with Gasteiger partial charge in [-0.15, -0.1) is 11.3 Å². The molecule has 3 heterocycles. The molecule has 1 fully saturated rings. The monoisotopic (exact) mass is 580 g/mol. The van der Waals surface area contributed by atoms with Crippen LogP contribution in [0.5, 0.6) is 11.5 Å². The molecular formula is C24H15Cl3N2O5S2. The van der Waals surface area contributed by atoms with Gasteiger partial charge in [0.15, 0.2) is 16.6 Å². The first-order chi connectivity index (χ1) is 17.3. The van der Waals surface area contributed by atoms with Gasteiger partial charge in [0.1, 0.15) is 16.8 Å². The standard InChI is InChI=1S/C24H15Cl3N2O5S2/c1-33-21-11(9-12(26)22(34-2)17(21)27)19(30)16-18(14-4-3-7-35-14)29(23(32)20(16)31)24-28-13-6-5-10(25)8-15(13)36-24/h3-9,18,30H,1-2H3/b19-16+. The van der Waals surface area contributed by atoms with Crippen LogP contribution in [0.2, 0.25) is 15.1 Å². The zero-order valence-electron chi connectivity index (χ0n) is 18.5. The summed E-state index contributed by atoms with van der Waals surface area (Å²) in [5, 5.41) is 14.2. The highest BCUT2D eigenvalue weighted by Crippen LogP contribution is 2.49. The number of fused-ring (bicyclic) bond motifs is 1. The van der Waals surface area contributed by atoms with E-state index in [9.17, 15) is 14.7 Å². The molecule has 1 N–H and O–H groups in total. The number of thiazole rings is 1. The summed E-state index contributed by atoms with van der Waals surface area (Å²) in [5.41, 5.74) is 0.529. The van der Waals surface area contributed by atoms with Gasteiger partial charge in [-0.05, 0) is 35.7 Å². The molecule has 0 bridgehead atoms. The molecule has 1 atom stereocenters. The van der Waals surface area contributed by atoms with Crippen molar-refractivity contribution in [3.8, 4) is 11.5 Å². The van der Waals surface area contributed by atoms with Crippen LogP contribution in [-0.2, 0) is 9.59 Å². The minimum atomic E-state index is -0.939. The molecule has 1 amide bonds. The number of nitrogens with zero attached hydrogens (tertiary/aromatic N) is 2. The van der Waals surface area contributed by atoms with Crippen molar-refractivity contribution in [2.75, 3.05) is 19.1 Å². The van der Waals surface area contributed by atoms with Gasteiger partial charge in [-0.1, -0.05) is 52.2 Å². The summed E-state index contributed by atoms with van der Waals surface area (Å²) in [6.45, 7) is 0. The summed E-state index contributed by atoms with van der Waals surface area (Å²) in [6, 6.07) is 9.17. The third-order valence-corrected chi connectivity index (χ3v) is 8.40. The molecule has 1 saturated heterocycles. The van der Waals surface area contributed by atoms with Gasteiger partial charge in [0.25, 0.3) is 5.78 Å². The average Bonchev–Trinajstić information content (AvgIpc) is 3.57. The Labute approximate surface area is 228 Å². The van der Waals surface area contributed by atoms with Crippen LogP contribution in [0.3, 0.4) is 0 Å². The first-order valence-corrected chi connectivity index (χ1v) is 13.1. The fourth-order valence-corrected chi connectivity index (χ4v) is 6.81. The van der Waals surface area contributed by atoms with Crippen molar-refractivity contribution in [3.63, 3.8) is 0 Å². The predicted molar refractivity (Wildman–Crippen MR) is 143 cm³/mol. The van der Waals surface area contributed by atoms with Crippen molar-refractivity contribution >= 4 is 90.3 Å². The number of halogens is 3. The Morgan fingerprint density at radius 2 is 1.83 bits per heavy atom. The first kappa shape index (κ1) is 24.9. The number of hydrogen-bond donors (Lipinski definition) is 1. The van der Waals surface area contributed by atoms with Gasteiger partial charge in [0, 0.05) is 9.90 Å². The van der Waals surface area contributed by atoms with Crippen molar-refractivity contribution in [2.24, 2.45) is 0 Å². The van der Waals surface area contributed by atoms with E-state index in [1.807, 2.05) is 5.38 Å². The van der Waals surface area contributed by atoms with Gasteiger partial charge in [-0.3, -0.25) is 14.5 Å². The van der Waals surface area contributed by atoms with Crippen molar-refractivity contribution < 1.29 is 24.2 Å². The lowest BCUT2D eigenvalue weighted by Crippen LogP contribution is -2.28. The van der Waals surface area contributed by atoms with Crippen LogP contribution in [0.15, 0.2) is 47.4 Å². The van der Waals surface area contributed by atoms with E-state index in [1.54, 1.807) is 30.3 Å². The molecule has 0 aliphatic carbocycles. The number of thiophene rings is 1. The van der Waals surface area contributed by atoms with Gasteiger partial charge in [0.05, 0.1) is 40.6 Å². The zero-order chi connectivity index (χ0) is 25.7. The molecule has 5 rings (SSSR count). The number of rotatable bonds is 5. The zero-order valence-corrected chi connectivity index (χ0v) is 22.4. The minimum absolute atomic E-state index is 0.0130. The van der Waals surface area contributed by atoms with E-state index >= 15 is 0 Å². The molecule has 2 aromatic heterocycles. The number of aliphatic hydroxyl groups is 1. The molecule has 4 aromatic rings. The minimum Gasteiger partial charge on any atom is -0.507 e. The first-order valence-electron chi connectivity index (χ1n) is 10.3. The lowest BCUT2D eigenvalue weighted by Gasteiger charge is -2.22. The Balaban J connectivity index is 1.75. The summed E-state index contributed by atoms with van der Waals surface area (Å²) in [6.07, 6.45) is 0. The molecule has 36 heavy (non-hydrogen) atoms. The maximum Gasteiger partial charge on any atom is 0.301 e. The average molecular weight is 582 g/mol. The number of Topliss-reactive ketones (excluding diaryl/α,β-unsaturated/α-hetero) is 1. The van der Waals surface area contributed by atoms with Crippen LogP contribution in [-0.4, -0.2) is 36.0 Å². The maximum atomic E-state index is 13.4. The number of aromatic nitrogens is 1. The van der Waals surface area contributed by atoms with Crippen molar-refractivity contribution in [1.29, 1.82) is 0 Å². The van der Waals surface area contributed by atoms with Gasteiger partial charge < -0.3 is 14.6 Å². The molecular weight excluding hydrogens is 567 g/mol. The number of aliphatic hydroxyl groups excluding tert-OH is 1. The van der Waals surface area contributed by atoms with Crippen molar-refractivity contribution in [2.45, 2.75) is 6.04 Å². The molecule has 0 saturated carbocycles. The van der Waals surface area contributed by atoms with Crippen LogP contribution in [0.4, 0.5) is 5.13 Å². The predicted octanol–water partition coefficient (Wildman–Crippen LogP) is 6.96. The Kier molecular flexibility index (Phi) is 6.61. The molecule has 2 aromatic carbocycles. The number of hydrogen-bond acceptors (Lipinski definition) is 8. The third kappa shape index (κ3) is 3.91. The van der Waals surface area contributed by atoms with Crippen LogP contribution in [0, 0.1) is 0 Å². The molecule has 0 spiro atoms. The SMILES string of the molecule is COc1c(Cl)cc(/C(O)=C2\C(=O)C(=O)N(c3nc4ccc(Cl)cc4s3)C2c2cccs2)c(OC)c1Cl. The smallest absolute Gasteiger partial charge is 0.301 e. The summed E-state index contributed by atoms with van der Waals surface area (Å²) < 4.78 is 11.4. The summed E-state index contributed by atoms with van der Waals surface area (Å²) in [5.74, 6) is -2.00. The van der Waals surface area contributed by atoms with E-state index in [0.717, 1.165) is 4.70 Å². The van der Waals surface area contributed by atoms with Gasteiger partial charge >= 0.3 is 5.91 Å². The van der Waals surface area contributed by atoms with Crippen LogP contribution < -0.4 is 14.4 Å². The fourth-order valence-electron chi connectivity index (χ4n) is 4.03. The number of methoxy groups -OCH3 is 2. The maximum absolute atomic E-state index is 13.4. The Morgan fingerprint density at radius 3 is 2.50 bits per heavy atom. The summed E-state index contributed by atoms with van der Waals surface area (Å²) >= 11 is 21.4. The molecule has 1 aliphatic rings. The quantitative estimate of drug-likeness (QED) is 0.156. The fraction of sp³-hybridized carbons (Fsp3) is 0.125. The number of carbonyl (C=O) groups excluding carboxylic acids is 2. The largest absolute Gasteiger partial charge is 0.507 e. The molecule has 0 radical (unpaired) electrons. The second-order valence-corrected chi connectivity index (χ2v) is 10.8. The lowest BCUT2D eigenvalue weighted by molar-refractivity contribution is -0.132. The lowest BCUT2D eigenvalue weighted by atomic mass is 9.99. The second-order valence-electron chi connectivity index (χ2n) is 7.58. The topological polar surface area (TPSA) is 89.0 Å². The van der Waals surface area contributed by atoms with Gasteiger partial charge in [-0.25, -0.2) is 4.98 Å².